The minimum atomic E-state index is -0.693. The molecule has 0 unspecified atom stereocenters. The number of amides is 4. The molecule has 0 bridgehead atoms. The number of hydrogen-bond acceptors (Lipinski definition) is 21. The van der Waals surface area contributed by atoms with Gasteiger partial charge in [-0.15, -0.1) is 0 Å². The molecule has 25 nitrogen and oxygen atoms in total. The van der Waals surface area contributed by atoms with E-state index in [1.54, 1.807) is 146 Å². The Morgan fingerprint density at radius 2 is 0.919 bits per heavy atom. The third-order valence-corrected chi connectivity index (χ3v) is 13.5. The monoisotopic (exact) mass is 1350 g/mol. The molecule has 9 aromatic rings. The topological polar surface area (TPSA) is 314 Å². The molecule has 99 heavy (non-hydrogen) atoms. The van der Waals surface area contributed by atoms with E-state index in [1.165, 1.54) is 19.2 Å². The van der Waals surface area contributed by atoms with E-state index in [1.807, 2.05) is 0 Å². The van der Waals surface area contributed by atoms with E-state index < -0.39 is 28.9 Å². The van der Waals surface area contributed by atoms with E-state index in [0.717, 1.165) is 49.8 Å². The molecule has 1 saturated heterocycles. The first-order valence-electron chi connectivity index (χ1n) is 30.4. The lowest BCUT2D eigenvalue weighted by atomic mass is 10.1. The molecular formula is C70H70F4N16O9. The van der Waals surface area contributed by atoms with Crippen molar-refractivity contribution in [2.75, 3.05) is 94.5 Å². The Hall–Kier alpha value is -12.5. The highest BCUT2D eigenvalue weighted by Crippen LogP contribution is 2.29. The van der Waals surface area contributed by atoms with Crippen LogP contribution in [0.15, 0.2) is 196 Å². The third-order valence-electron chi connectivity index (χ3n) is 13.5. The Morgan fingerprint density at radius 1 is 0.515 bits per heavy atom. The minimum absolute atomic E-state index is 0.0221. The molecule has 6 aromatic carbocycles. The van der Waals surface area contributed by atoms with E-state index in [9.17, 15) is 41.8 Å². The minimum Gasteiger partial charge on any atom is -0.492 e. The largest absolute Gasteiger partial charge is 0.492 e. The molecule has 1 aliphatic heterocycles. The van der Waals surface area contributed by atoms with Gasteiger partial charge in [-0.3, -0.25) is 19.2 Å². The third kappa shape index (κ3) is 23.1. The number of anilines is 15. The zero-order valence-corrected chi connectivity index (χ0v) is 53.9. The van der Waals surface area contributed by atoms with Crippen LogP contribution in [0.1, 0.15) is 26.7 Å². The summed E-state index contributed by atoms with van der Waals surface area (Å²) in [4.78, 5) is 72.2. The summed E-state index contributed by atoms with van der Waals surface area (Å²) < 4.78 is 78.6. The maximum absolute atomic E-state index is 14.3. The number of nitrogens with zero attached hydrogens (tertiary/aromatic N) is 7. The number of methoxy groups -OCH3 is 1. The molecule has 512 valence electrons. The summed E-state index contributed by atoms with van der Waals surface area (Å²) in [6.07, 6.45) is 8.10. The molecule has 10 N–H and O–H groups in total. The summed E-state index contributed by atoms with van der Waals surface area (Å²) in [5.74, 6) is -1.78. The molecule has 29 heteroatoms. The van der Waals surface area contributed by atoms with Crippen molar-refractivity contribution >= 4 is 110 Å². The lowest BCUT2D eigenvalue weighted by Gasteiger charge is -2.23. The number of carbonyl (C=O) groups excluding carboxylic acids is 4. The van der Waals surface area contributed by atoms with Gasteiger partial charge in [-0.05, 0) is 154 Å². The average molecular weight is 1360 g/mol. The van der Waals surface area contributed by atoms with Gasteiger partial charge in [0, 0.05) is 77.3 Å². The number of aliphatic hydroxyl groups excluding tert-OH is 1. The Labute approximate surface area is 566 Å². The summed E-state index contributed by atoms with van der Waals surface area (Å²) in [6.45, 7) is 16.0. The smallest absolute Gasteiger partial charge is 0.247 e. The lowest BCUT2D eigenvalue weighted by Crippen LogP contribution is -2.32. The van der Waals surface area contributed by atoms with Gasteiger partial charge in [-0.2, -0.15) is 15.0 Å². The van der Waals surface area contributed by atoms with Gasteiger partial charge in [0.25, 0.3) is 0 Å². The van der Waals surface area contributed by atoms with Crippen LogP contribution in [0.3, 0.4) is 0 Å². The van der Waals surface area contributed by atoms with Crippen LogP contribution in [-0.4, -0.2) is 116 Å². The van der Waals surface area contributed by atoms with Crippen molar-refractivity contribution in [2.24, 2.45) is 0 Å². The van der Waals surface area contributed by atoms with Crippen LogP contribution in [0.25, 0.3) is 0 Å². The molecule has 0 aliphatic carbocycles. The molecule has 0 radical (unpaired) electrons. The second kappa shape index (κ2) is 35.8. The van der Waals surface area contributed by atoms with E-state index in [0.29, 0.717) is 88.9 Å². The predicted molar refractivity (Wildman–Crippen MR) is 371 cm³/mol. The lowest BCUT2D eigenvalue weighted by molar-refractivity contribution is -0.128. The molecule has 4 amide bonds. The fraction of sp³-hybridized carbons (Fsp3) is 0.171. The number of hydrogen-bond donors (Lipinski definition) is 10. The highest BCUT2D eigenvalue weighted by Gasteiger charge is 2.21. The second-order valence-electron chi connectivity index (χ2n) is 21.6. The number of aliphatic hydroxyl groups is 1. The number of halogens is 4. The summed E-state index contributed by atoms with van der Waals surface area (Å²) in [6, 6.07) is 38.6. The van der Waals surface area contributed by atoms with Crippen molar-refractivity contribution in [3.8, 4) is 17.2 Å². The van der Waals surface area contributed by atoms with Crippen LogP contribution in [0.2, 0.25) is 0 Å². The number of likely N-dealkylation sites (tertiary alicyclic amines) is 1. The van der Waals surface area contributed by atoms with Crippen molar-refractivity contribution in [3.63, 3.8) is 0 Å². The van der Waals surface area contributed by atoms with Crippen molar-refractivity contribution in [1.82, 2.24) is 34.8 Å². The number of aromatic nitrogens is 6. The second-order valence-corrected chi connectivity index (χ2v) is 21.6. The summed E-state index contributed by atoms with van der Waals surface area (Å²) >= 11 is 0. The molecule has 0 saturated carbocycles. The van der Waals surface area contributed by atoms with Gasteiger partial charge in [0.05, 0.1) is 38.3 Å². The maximum atomic E-state index is 14.3. The normalized spacial score (nSPS) is 11.4. The van der Waals surface area contributed by atoms with E-state index in [-0.39, 0.29) is 77.9 Å². The molecule has 0 spiro atoms. The van der Waals surface area contributed by atoms with Crippen LogP contribution in [0.4, 0.5) is 104 Å². The molecular weight excluding hydrogens is 1280 g/mol. The highest BCUT2D eigenvalue weighted by atomic mass is 19.1. The number of rotatable bonds is 29. The molecule has 0 atom stereocenters. The Balaban J connectivity index is 0.000000189. The van der Waals surface area contributed by atoms with Crippen LogP contribution in [0.5, 0.6) is 17.2 Å². The molecule has 10 rings (SSSR count). The zero-order valence-electron chi connectivity index (χ0n) is 53.9. The summed E-state index contributed by atoms with van der Waals surface area (Å²) in [5, 5.41) is 34.7. The van der Waals surface area contributed by atoms with Crippen molar-refractivity contribution in [2.45, 2.75) is 32.3 Å². The SMILES string of the molecule is C=CC(=O)Nc1cccc(Nc2nc(Nc3ccc(OC(C)(C)CO)cc3)ncc2F)c1.C=CC(=O)Nc1cccc(Nc2nc(Nc3ccc(OCCN4CCCC4=O)cc3)ncc2F)c1.C=CC(=O)Nc1cccc(Nc2nc(Nc3ccc(OCCOC)c(F)c3)ncc2F)c1. The molecule has 4 heterocycles. The number of ether oxygens (including phenoxy) is 4. The average Bonchev–Trinajstić information content (AvgIpc) is 1.85. The van der Waals surface area contributed by atoms with Gasteiger partial charge in [0.15, 0.2) is 46.5 Å². The van der Waals surface area contributed by atoms with Gasteiger partial charge < -0.3 is 76.8 Å². The maximum Gasteiger partial charge on any atom is 0.247 e. The number of benzene rings is 6. The first-order valence-corrected chi connectivity index (χ1v) is 30.4. The fourth-order valence-electron chi connectivity index (χ4n) is 8.68. The van der Waals surface area contributed by atoms with Gasteiger partial charge >= 0.3 is 0 Å². The fourth-order valence-corrected chi connectivity index (χ4v) is 8.68. The van der Waals surface area contributed by atoms with Crippen LogP contribution in [-0.2, 0) is 23.9 Å². The van der Waals surface area contributed by atoms with E-state index in [4.69, 9.17) is 18.9 Å². The van der Waals surface area contributed by atoms with E-state index in [2.05, 4.69) is 97.5 Å². The van der Waals surface area contributed by atoms with Gasteiger partial charge in [0.1, 0.15) is 30.3 Å². The van der Waals surface area contributed by atoms with Crippen molar-refractivity contribution < 1.29 is 60.8 Å². The van der Waals surface area contributed by atoms with Crippen molar-refractivity contribution in [1.29, 1.82) is 0 Å². The zero-order chi connectivity index (χ0) is 70.7. The van der Waals surface area contributed by atoms with Crippen LogP contribution >= 0.6 is 0 Å². The summed E-state index contributed by atoms with van der Waals surface area (Å²) in [5.41, 5.74) is 4.13. The molecule has 3 aromatic heterocycles. The Morgan fingerprint density at radius 3 is 1.31 bits per heavy atom. The Kier molecular flexibility index (Phi) is 26.2. The quantitative estimate of drug-likeness (QED) is 0.0118. The van der Waals surface area contributed by atoms with Gasteiger partial charge in [-0.25, -0.2) is 32.5 Å². The van der Waals surface area contributed by atoms with Crippen LogP contribution in [0, 0.1) is 23.3 Å². The van der Waals surface area contributed by atoms with Crippen molar-refractivity contribution in [3.05, 3.63) is 219 Å². The first-order chi connectivity index (χ1) is 47.7. The van der Waals surface area contributed by atoms with Gasteiger partial charge in [0.2, 0.25) is 41.5 Å². The van der Waals surface area contributed by atoms with Gasteiger partial charge in [-0.1, -0.05) is 37.9 Å². The standard InChI is InChI=1S/C25H25FN6O3.C23H24FN5O3.C22H21F2N5O3/c1-2-22(33)28-18-5-3-6-19(15-18)29-24-21(26)16-27-25(31-24)30-17-8-10-20(11-9-17)35-14-13-32-12-4-7-23(32)34;1-4-20(31)26-16-6-5-7-17(12-16)27-21-19(24)13-25-22(29-21)28-15-8-10-18(11-9-15)32-23(2,3)14-30;1-3-20(30)26-14-5-4-6-15(11-14)27-21-18(24)13-25-22(29-21)28-16-7-8-19(17(23)12-16)32-10-9-31-2/h2-3,5-6,8-11,15-16H,1,4,7,12-14H2,(H,28,33)(H2,27,29,30,31);4-13,30H,1,14H2,2-3H3,(H,26,31)(H2,25,27,28,29);3-8,11-13H,1,9-10H2,2H3,(H,26,30)(H2,25,27,28,29). The molecule has 1 fully saturated rings. The van der Waals surface area contributed by atoms with Crippen LogP contribution < -0.4 is 62.1 Å². The summed E-state index contributed by atoms with van der Waals surface area (Å²) in [7, 11) is 1.52. The number of carbonyl (C=O) groups is 4. The molecule has 1 aliphatic rings. The van der Waals surface area contributed by atoms with E-state index >= 15 is 0 Å². The predicted octanol–water partition coefficient (Wildman–Crippen LogP) is 13.0. The Bertz CT molecular complexity index is 4290. The number of nitrogens with one attached hydrogen (secondary N) is 9. The highest BCUT2D eigenvalue weighted by molar-refractivity contribution is 6.00. The first kappa shape index (κ1) is 72.3.